The van der Waals surface area contributed by atoms with E-state index in [0.717, 1.165) is 22.6 Å². The van der Waals surface area contributed by atoms with Crippen molar-refractivity contribution in [2.75, 3.05) is 10.6 Å². The number of hydrogen-bond donors (Lipinski definition) is 2. The topological polar surface area (TPSA) is 66.9 Å². The number of amides is 1. The van der Waals surface area contributed by atoms with Gasteiger partial charge >= 0.3 is 0 Å². The van der Waals surface area contributed by atoms with Gasteiger partial charge in [0.2, 0.25) is 5.91 Å². The zero-order chi connectivity index (χ0) is 13.2. The Labute approximate surface area is 115 Å². The molecular formula is C13H11ClN4O. The summed E-state index contributed by atoms with van der Waals surface area (Å²) in [7, 11) is 0. The second kappa shape index (κ2) is 4.85. The quantitative estimate of drug-likeness (QED) is 0.901. The lowest BCUT2D eigenvalue weighted by atomic mass is 10.1. The minimum absolute atomic E-state index is 0.00265. The van der Waals surface area contributed by atoms with Gasteiger partial charge in [-0.05, 0) is 17.7 Å². The number of carbonyl (C=O) groups excluding carboxylic acids is 1. The maximum absolute atomic E-state index is 11.3. The monoisotopic (exact) mass is 274 g/mol. The van der Waals surface area contributed by atoms with E-state index >= 15 is 0 Å². The van der Waals surface area contributed by atoms with Crippen molar-refractivity contribution in [3.8, 4) is 0 Å². The number of halogens is 1. The maximum atomic E-state index is 11.3. The van der Waals surface area contributed by atoms with Gasteiger partial charge in [-0.3, -0.25) is 14.8 Å². The molecule has 0 saturated carbocycles. The number of benzene rings is 1. The third-order valence-corrected chi connectivity index (χ3v) is 3.21. The fourth-order valence-corrected chi connectivity index (χ4v) is 2.22. The molecule has 1 aliphatic rings. The second-order valence-corrected chi connectivity index (χ2v) is 4.67. The Morgan fingerprint density at radius 1 is 1.37 bits per heavy atom. The predicted octanol–water partition coefficient (Wildman–Crippen LogP) is 2.24. The average Bonchev–Trinajstić information content (AvgIpc) is 2.76. The van der Waals surface area contributed by atoms with Gasteiger partial charge in [0.15, 0.2) is 0 Å². The zero-order valence-corrected chi connectivity index (χ0v) is 10.7. The molecule has 0 fully saturated rings. The van der Waals surface area contributed by atoms with Crippen LogP contribution in [0.15, 0.2) is 30.7 Å². The van der Waals surface area contributed by atoms with Crippen LogP contribution < -0.4 is 10.6 Å². The lowest BCUT2D eigenvalue weighted by molar-refractivity contribution is -0.115. The number of hydrogen-bond acceptors (Lipinski definition) is 4. The molecule has 0 radical (unpaired) electrons. The van der Waals surface area contributed by atoms with E-state index in [0.29, 0.717) is 18.0 Å². The molecule has 0 unspecified atom stereocenters. The summed E-state index contributed by atoms with van der Waals surface area (Å²) in [6, 6.07) is 3.66. The van der Waals surface area contributed by atoms with Crippen LogP contribution in [-0.2, 0) is 17.8 Å². The average molecular weight is 275 g/mol. The molecule has 1 aromatic carbocycles. The largest absolute Gasteiger partial charge is 0.378 e. The molecule has 1 amide bonds. The summed E-state index contributed by atoms with van der Waals surface area (Å²) >= 11 is 6.17. The molecule has 0 bridgehead atoms. The van der Waals surface area contributed by atoms with Gasteiger partial charge in [0.25, 0.3) is 0 Å². The third kappa shape index (κ3) is 2.51. The summed E-state index contributed by atoms with van der Waals surface area (Å²) in [4.78, 5) is 19.5. The lowest BCUT2D eigenvalue weighted by Gasteiger charge is -2.09. The molecule has 2 N–H and O–H groups in total. The second-order valence-electron chi connectivity index (χ2n) is 4.26. The number of anilines is 2. The standard InChI is InChI=1S/C13H11ClN4O/c14-10-5-11-8(4-13(19)18-11)3-12(10)17-7-9-6-15-1-2-16-9/h1-3,5-6,17H,4,7H2,(H,18,19). The third-order valence-electron chi connectivity index (χ3n) is 2.89. The van der Waals surface area contributed by atoms with Crippen molar-refractivity contribution in [2.24, 2.45) is 0 Å². The van der Waals surface area contributed by atoms with Crippen LogP contribution in [0.3, 0.4) is 0 Å². The molecule has 1 aliphatic heterocycles. The highest BCUT2D eigenvalue weighted by Crippen LogP contribution is 2.32. The molecule has 19 heavy (non-hydrogen) atoms. The molecule has 0 spiro atoms. The number of rotatable bonds is 3. The molecule has 0 aliphatic carbocycles. The van der Waals surface area contributed by atoms with Gasteiger partial charge < -0.3 is 10.6 Å². The number of carbonyl (C=O) groups is 1. The SMILES string of the molecule is O=C1Cc2cc(NCc3cnccn3)c(Cl)cc2N1. The highest BCUT2D eigenvalue weighted by Gasteiger charge is 2.19. The summed E-state index contributed by atoms with van der Waals surface area (Å²) < 4.78 is 0. The zero-order valence-electron chi connectivity index (χ0n) is 9.98. The molecule has 3 rings (SSSR count). The summed E-state index contributed by atoms with van der Waals surface area (Å²) in [5, 5.41) is 6.54. The summed E-state index contributed by atoms with van der Waals surface area (Å²) in [6.07, 6.45) is 5.36. The van der Waals surface area contributed by atoms with E-state index in [2.05, 4.69) is 20.6 Å². The Morgan fingerprint density at radius 2 is 2.26 bits per heavy atom. The first kappa shape index (κ1) is 11.9. The lowest BCUT2D eigenvalue weighted by Crippen LogP contribution is -2.03. The van der Waals surface area contributed by atoms with Crippen molar-refractivity contribution in [1.29, 1.82) is 0 Å². The molecule has 96 valence electrons. The van der Waals surface area contributed by atoms with Crippen molar-refractivity contribution < 1.29 is 4.79 Å². The van der Waals surface area contributed by atoms with Crippen LogP contribution in [0.1, 0.15) is 11.3 Å². The van der Waals surface area contributed by atoms with E-state index in [-0.39, 0.29) is 5.91 Å². The molecule has 1 aromatic heterocycles. The van der Waals surface area contributed by atoms with Crippen LogP contribution >= 0.6 is 11.6 Å². The van der Waals surface area contributed by atoms with Crippen molar-refractivity contribution >= 4 is 28.9 Å². The van der Waals surface area contributed by atoms with Gasteiger partial charge in [0.1, 0.15) is 0 Å². The summed E-state index contributed by atoms with van der Waals surface area (Å²) in [5.74, 6) is -0.00265. The van der Waals surface area contributed by atoms with E-state index in [1.165, 1.54) is 0 Å². The van der Waals surface area contributed by atoms with Crippen LogP contribution in [-0.4, -0.2) is 15.9 Å². The first-order chi connectivity index (χ1) is 9.22. The molecule has 0 saturated heterocycles. The highest BCUT2D eigenvalue weighted by molar-refractivity contribution is 6.33. The molecule has 5 nitrogen and oxygen atoms in total. The Kier molecular flexibility index (Phi) is 3.05. The van der Waals surface area contributed by atoms with E-state index in [1.54, 1.807) is 24.7 Å². The summed E-state index contributed by atoms with van der Waals surface area (Å²) in [6.45, 7) is 0.535. The van der Waals surface area contributed by atoms with Crippen LogP contribution in [0.25, 0.3) is 0 Å². The first-order valence-electron chi connectivity index (χ1n) is 5.83. The van der Waals surface area contributed by atoms with Gasteiger partial charge in [-0.1, -0.05) is 11.6 Å². The van der Waals surface area contributed by atoms with E-state index < -0.39 is 0 Å². The molecule has 2 aromatic rings. The normalized spacial score (nSPS) is 13.0. The Morgan fingerprint density at radius 3 is 3.05 bits per heavy atom. The van der Waals surface area contributed by atoms with Crippen LogP contribution in [0, 0.1) is 0 Å². The smallest absolute Gasteiger partial charge is 0.228 e. The minimum atomic E-state index is -0.00265. The van der Waals surface area contributed by atoms with Crippen molar-refractivity contribution in [1.82, 2.24) is 9.97 Å². The minimum Gasteiger partial charge on any atom is -0.378 e. The fourth-order valence-electron chi connectivity index (χ4n) is 1.99. The van der Waals surface area contributed by atoms with E-state index in [9.17, 15) is 4.79 Å². The number of fused-ring (bicyclic) bond motifs is 1. The Balaban J connectivity index is 1.79. The summed E-state index contributed by atoms with van der Waals surface area (Å²) in [5.41, 5.74) is 3.37. The Hall–Kier alpha value is -2.14. The van der Waals surface area contributed by atoms with Crippen LogP contribution in [0.5, 0.6) is 0 Å². The highest BCUT2D eigenvalue weighted by atomic mass is 35.5. The predicted molar refractivity (Wildman–Crippen MR) is 73.1 cm³/mol. The van der Waals surface area contributed by atoms with Crippen LogP contribution in [0.4, 0.5) is 11.4 Å². The van der Waals surface area contributed by atoms with Crippen molar-refractivity contribution in [3.63, 3.8) is 0 Å². The van der Waals surface area contributed by atoms with E-state index in [4.69, 9.17) is 11.6 Å². The number of aromatic nitrogens is 2. The Bertz CT molecular complexity index is 630. The molecule has 6 heteroatoms. The van der Waals surface area contributed by atoms with Crippen LogP contribution in [0.2, 0.25) is 5.02 Å². The number of nitrogens with zero attached hydrogens (tertiary/aromatic N) is 2. The van der Waals surface area contributed by atoms with Gasteiger partial charge in [0.05, 0.1) is 35.6 Å². The first-order valence-corrected chi connectivity index (χ1v) is 6.21. The molecule has 0 atom stereocenters. The van der Waals surface area contributed by atoms with E-state index in [1.807, 2.05) is 6.07 Å². The van der Waals surface area contributed by atoms with Gasteiger partial charge in [-0.2, -0.15) is 0 Å². The van der Waals surface area contributed by atoms with Crippen molar-refractivity contribution in [2.45, 2.75) is 13.0 Å². The maximum Gasteiger partial charge on any atom is 0.228 e. The number of nitrogens with one attached hydrogen (secondary N) is 2. The van der Waals surface area contributed by atoms with Crippen molar-refractivity contribution in [3.05, 3.63) is 47.0 Å². The molecule has 2 heterocycles. The van der Waals surface area contributed by atoms with Gasteiger partial charge in [-0.15, -0.1) is 0 Å². The van der Waals surface area contributed by atoms with Gasteiger partial charge in [0, 0.05) is 18.1 Å². The molecular weight excluding hydrogens is 264 g/mol. The van der Waals surface area contributed by atoms with Gasteiger partial charge in [-0.25, -0.2) is 0 Å². The fraction of sp³-hybridized carbons (Fsp3) is 0.154.